The van der Waals surface area contributed by atoms with Crippen molar-refractivity contribution in [3.8, 4) is 5.75 Å². The lowest BCUT2D eigenvalue weighted by atomic mass is 10.1. The molecule has 106 valence electrons. The minimum absolute atomic E-state index is 0.0598. The number of nitrogens with two attached hydrogens (primary N) is 1. The second kappa shape index (κ2) is 7.79. The number of rotatable bonds is 7. The van der Waals surface area contributed by atoms with Crippen LogP contribution in [-0.4, -0.2) is 26.1 Å². The Balaban J connectivity index is 2.44. The lowest BCUT2D eigenvalue weighted by Crippen LogP contribution is -2.28. The first kappa shape index (κ1) is 15.5. The molecule has 0 saturated heterocycles. The highest BCUT2D eigenvalue weighted by molar-refractivity contribution is 5.76. The Kier molecular flexibility index (Phi) is 6.36. The molecule has 3 N–H and O–H groups in total. The van der Waals surface area contributed by atoms with E-state index in [1.54, 1.807) is 7.11 Å². The summed E-state index contributed by atoms with van der Waals surface area (Å²) in [5, 5.41) is 2.92. The number of carbonyl (C=O) groups is 1. The summed E-state index contributed by atoms with van der Waals surface area (Å²) in [6, 6.07) is 6.07. The van der Waals surface area contributed by atoms with Crippen LogP contribution in [0.5, 0.6) is 5.75 Å². The molecule has 0 fully saturated rings. The van der Waals surface area contributed by atoms with Crippen LogP contribution >= 0.6 is 0 Å². The molecule has 0 aliphatic carbocycles. The van der Waals surface area contributed by atoms with Crippen molar-refractivity contribution >= 4 is 5.91 Å². The summed E-state index contributed by atoms with van der Waals surface area (Å²) in [7, 11) is 1.66. The zero-order valence-corrected chi connectivity index (χ0v) is 12.0. The molecule has 0 radical (unpaired) electrons. The van der Waals surface area contributed by atoms with E-state index >= 15 is 0 Å². The fourth-order valence-electron chi connectivity index (χ4n) is 1.91. The van der Waals surface area contributed by atoms with Gasteiger partial charge in [-0.25, -0.2) is 0 Å². The zero-order valence-electron chi connectivity index (χ0n) is 12.0. The summed E-state index contributed by atoms with van der Waals surface area (Å²) in [5.74, 6) is 1.16. The summed E-state index contributed by atoms with van der Waals surface area (Å²) in [5.41, 5.74) is 7.81. The number of hydrogen-bond donors (Lipinski definition) is 2. The molecule has 4 heteroatoms. The highest BCUT2D eigenvalue weighted by Gasteiger charge is 2.08. The third kappa shape index (κ3) is 5.30. The number of ether oxygens (including phenoxy) is 1. The number of amides is 1. The number of hydrogen-bond acceptors (Lipinski definition) is 3. The molecule has 0 spiro atoms. The molecule has 0 saturated carbocycles. The maximum atomic E-state index is 11.6. The van der Waals surface area contributed by atoms with Crippen molar-refractivity contribution in [1.29, 1.82) is 0 Å². The van der Waals surface area contributed by atoms with Crippen molar-refractivity contribution in [2.75, 3.05) is 20.2 Å². The van der Waals surface area contributed by atoms with E-state index in [1.807, 2.05) is 26.0 Å². The predicted octanol–water partition coefficient (Wildman–Crippen LogP) is 1.65. The van der Waals surface area contributed by atoms with Gasteiger partial charge in [0.1, 0.15) is 5.75 Å². The molecule has 1 atom stereocenters. The van der Waals surface area contributed by atoms with Crippen molar-refractivity contribution in [3.05, 3.63) is 29.3 Å². The lowest BCUT2D eigenvalue weighted by molar-refractivity contribution is -0.121. The second-order valence-corrected chi connectivity index (χ2v) is 4.96. The number of aryl methyl sites for hydroxylation is 1. The van der Waals surface area contributed by atoms with Crippen LogP contribution in [-0.2, 0) is 11.2 Å². The third-order valence-electron chi connectivity index (χ3n) is 3.09. The van der Waals surface area contributed by atoms with Crippen molar-refractivity contribution < 1.29 is 9.53 Å². The fraction of sp³-hybridized carbons (Fsp3) is 0.533. The van der Waals surface area contributed by atoms with Gasteiger partial charge >= 0.3 is 0 Å². The minimum atomic E-state index is 0.0598. The Morgan fingerprint density at radius 2 is 2.21 bits per heavy atom. The molecule has 1 rings (SSSR count). The van der Waals surface area contributed by atoms with Gasteiger partial charge in [0.2, 0.25) is 5.91 Å². The van der Waals surface area contributed by atoms with Crippen LogP contribution in [0.4, 0.5) is 0 Å². The number of methoxy groups -OCH3 is 1. The van der Waals surface area contributed by atoms with Crippen LogP contribution < -0.4 is 15.8 Å². The van der Waals surface area contributed by atoms with E-state index in [9.17, 15) is 4.79 Å². The van der Waals surface area contributed by atoms with Gasteiger partial charge in [0, 0.05) is 13.0 Å². The van der Waals surface area contributed by atoms with Gasteiger partial charge in [-0.3, -0.25) is 4.79 Å². The Labute approximate surface area is 115 Å². The smallest absolute Gasteiger partial charge is 0.220 e. The molecule has 0 aliphatic heterocycles. The van der Waals surface area contributed by atoms with Gasteiger partial charge in [-0.1, -0.05) is 24.6 Å². The average Bonchev–Trinajstić information content (AvgIpc) is 2.38. The normalized spacial score (nSPS) is 12.0. The quantitative estimate of drug-likeness (QED) is 0.787. The van der Waals surface area contributed by atoms with Gasteiger partial charge in [0.25, 0.3) is 0 Å². The van der Waals surface area contributed by atoms with E-state index in [0.29, 0.717) is 19.5 Å². The number of nitrogens with one attached hydrogen (secondary N) is 1. The molecule has 4 nitrogen and oxygen atoms in total. The van der Waals surface area contributed by atoms with E-state index in [-0.39, 0.29) is 11.8 Å². The molecule has 1 aromatic rings. The Morgan fingerprint density at radius 3 is 2.84 bits per heavy atom. The molecule has 0 aromatic heterocycles. The fourth-order valence-corrected chi connectivity index (χ4v) is 1.91. The molecule has 0 heterocycles. The molecule has 1 unspecified atom stereocenters. The van der Waals surface area contributed by atoms with Gasteiger partial charge in [-0.15, -0.1) is 0 Å². The zero-order chi connectivity index (χ0) is 14.3. The number of benzene rings is 1. The first-order valence-electron chi connectivity index (χ1n) is 6.67. The van der Waals surface area contributed by atoms with E-state index in [0.717, 1.165) is 17.7 Å². The van der Waals surface area contributed by atoms with Crippen LogP contribution in [0.3, 0.4) is 0 Å². The first-order chi connectivity index (χ1) is 9.06. The van der Waals surface area contributed by atoms with Gasteiger partial charge in [0.05, 0.1) is 7.11 Å². The van der Waals surface area contributed by atoms with Crippen LogP contribution in [0.25, 0.3) is 0 Å². The standard InChI is InChI=1S/C15H24N2O2/c1-11-4-5-14(19-3)13(8-11)6-7-17-15(18)9-12(2)10-16/h4-5,8,12H,6-7,9-10,16H2,1-3H3,(H,17,18). The Morgan fingerprint density at radius 1 is 1.47 bits per heavy atom. The molecule has 1 amide bonds. The van der Waals surface area contributed by atoms with Gasteiger partial charge in [-0.05, 0) is 37.4 Å². The number of carbonyl (C=O) groups excluding carboxylic acids is 1. The summed E-state index contributed by atoms with van der Waals surface area (Å²) in [6.45, 7) is 5.18. The molecule has 1 aromatic carbocycles. The maximum Gasteiger partial charge on any atom is 0.220 e. The SMILES string of the molecule is COc1ccc(C)cc1CCNC(=O)CC(C)CN. The van der Waals surface area contributed by atoms with Crippen molar-refractivity contribution in [3.63, 3.8) is 0 Å². The highest BCUT2D eigenvalue weighted by atomic mass is 16.5. The molecule has 0 aliphatic rings. The molecular weight excluding hydrogens is 240 g/mol. The summed E-state index contributed by atoms with van der Waals surface area (Å²) >= 11 is 0. The molecule has 0 bridgehead atoms. The average molecular weight is 264 g/mol. The van der Waals surface area contributed by atoms with E-state index in [2.05, 4.69) is 11.4 Å². The molecular formula is C15H24N2O2. The van der Waals surface area contributed by atoms with E-state index in [4.69, 9.17) is 10.5 Å². The predicted molar refractivity (Wildman–Crippen MR) is 77.3 cm³/mol. The van der Waals surface area contributed by atoms with E-state index in [1.165, 1.54) is 5.56 Å². The van der Waals surface area contributed by atoms with Crippen molar-refractivity contribution in [2.24, 2.45) is 11.7 Å². The first-order valence-corrected chi connectivity index (χ1v) is 6.67. The van der Waals surface area contributed by atoms with Gasteiger partial charge < -0.3 is 15.8 Å². The maximum absolute atomic E-state index is 11.6. The monoisotopic (exact) mass is 264 g/mol. The Bertz CT molecular complexity index is 419. The highest BCUT2D eigenvalue weighted by Crippen LogP contribution is 2.19. The van der Waals surface area contributed by atoms with Crippen LogP contribution in [0.2, 0.25) is 0 Å². The van der Waals surface area contributed by atoms with Crippen LogP contribution in [0.15, 0.2) is 18.2 Å². The third-order valence-corrected chi connectivity index (χ3v) is 3.09. The van der Waals surface area contributed by atoms with Crippen molar-refractivity contribution in [2.45, 2.75) is 26.7 Å². The summed E-state index contributed by atoms with van der Waals surface area (Å²) in [6.07, 6.45) is 1.26. The summed E-state index contributed by atoms with van der Waals surface area (Å²) in [4.78, 5) is 11.6. The Hall–Kier alpha value is -1.55. The van der Waals surface area contributed by atoms with Crippen LogP contribution in [0.1, 0.15) is 24.5 Å². The van der Waals surface area contributed by atoms with Gasteiger partial charge in [-0.2, -0.15) is 0 Å². The lowest BCUT2D eigenvalue weighted by Gasteiger charge is -2.11. The van der Waals surface area contributed by atoms with Crippen LogP contribution in [0, 0.1) is 12.8 Å². The minimum Gasteiger partial charge on any atom is -0.496 e. The van der Waals surface area contributed by atoms with Crippen molar-refractivity contribution in [1.82, 2.24) is 5.32 Å². The second-order valence-electron chi connectivity index (χ2n) is 4.96. The largest absolute Gasteiger partial charge is 0.496 e. The summed E-state index contributed by atoms with van der Waals surface area (Å²) < 4.78 is 5.31. The van der Waals surface area contributed by atoms with Gasteiger partial charge in [0.15, 0.2) is 0 Å². The topological polar surface area (TPSA) is 64.3 Å². The molecule has 19 heavy (non-hydrogen) atoms. The van der Waals surface area contributed by atoms with E-state index < -0.39 is 0 Å².